The molecule has 2 aromatic heterocycles. The molecule has 1 amide bonds. The summed E-state index contributed by atoms with van der Waals surface area (Å²) >= 11 is 8.48. The van der Waals surface area contributed by atoms with Crippen molar-refractivity contribution in [1.82, 2.24) is 0 Å². The Labute approximate surface area is 233 Å². The van der Waals surface area contributed by atoms with Gasteiger partial charge < -0.3 is 9.47 Å². The molecule has 1 atom stereocenters. The topological polar surface area (TPSA) is 64.6 Å². The molecule has 5 rings (SSSR count). The van der Waals surface area contributed by atoms with Gasteiger partial charge in [0, 0.05) is 22.6 Å². The van der Waals surface area contributed by atoms with E-state index in [1.807, 2.05) is 47.8 Å². The number of halogens is 2. The molecular weight excluding hydrogens is 545 g/mol. The molecule has 38 heavy (non-hydrogen) atoms. The third-order valence-corrected chi connectivity index (χ3v) is 9.13. The van der Waals surface area contributed by atoms with Crippen molar-refractivity contribution in [3.8, 4) is 27.3 Å². The first-order valence-corrected chi connectivity index (χ1v) is 14.1. The van der Waals surface area contributed by atoms with Gasteiger partial charge in [-0.2, -0.15) is 15.7 Å². The zero-order valence-corrected chi connectivity index (χ0v) is 23.4. The number of amides is 1. The van der Waals surface area contributed by atoms with Gasteiger partial charge in [-0.3, -0.25) is 10.1 Å². The Bertz CT molecular complexity index is 1510. The van der Waals surface area contributed by atoms with Crippen molar-refractivity contribution in [1.29, 1.82) is 0 Å². The Morgan fingerprint density at radius 2 is 1.79 bits per heavy atom. The molecule has 5 nitrogen and oxygen atoms in total. The highest BCUT2D eigenvalue weighted by Crippen LogP contribution is 2.49. The second-order valence-electron chi connectivity index (χ2n) is 9.27. The maximum atomic E-state index is 14.3. The van der Waals surface area contributed by atoms with Gasteiger partial charge in [-0.05, 0) is 54.8 Å². The summed E-state index contributed by atoms with van der Waals surface area (Å²) in [7, 11) is 1.58. The standard InChI is InChI=1S/C29H25ClFNO4S2/c1-16(22-14-37-15-23(22)30)36-28(34)32-24-13-26(31)38-27(24)19-6-9-21(25(12-19)35-3)18-4-7-20(8-5-18)29(10-11-29)17(2)33/h4-9,12-16H,10-11H2,1-3H3,(H,32,34). The van der Waals surface area contributed by atoms with Crippen LogP contribution in [0.25, 0.3) is 21.6 Å². The van der Waals surface area contributed by atoms with E-state index in [0.29, 0.717) is 32.5 Å². The number of thiophene rings is 2. The Balaban J connectivity index is 1.37. The van der Waals surface area contributed by atoms with Gasteiger partial charge in [0.15, 0.2) is 5.13 Å². The van der Waals surface area contributed by atoms with E-state index in [1.54, 1.807) is 26.3 Å². The first kappa shape index (κ1) is 26.4. The number of carbonyl (C=O) groups is 2. The van der Waals surface area contributed by atoms with Crippen molar-refractivity contribution in [3.63, 3.8) is 0 Å². The van der Waals surface area contributed by atoms with Crippen molar-refractivity contribution in [2.45, 2.75) is 38.2 Å². The van der Waals surface area contributed by atoms with Gasteiger partial charge in [-0.25, -0.2) is 4.79 Å². The van der Waals surface area contributed by atoms with Crippen LogP contribution >= 0.6 is 34.3 Å². The van der Waals surface area contributed by atoms with E-state index >= 15 is 0 Å². The number of benzene rings is 2. The fraction of sp³-hybridized carbons (Fsp3) is 0.241. The molecule has 1 unspecified atom stereocenters. The summed E-state index contributed by atoms with van der Waals surface area (Å²) in [4.78, 5) is 25.2. The van der Waals surface area contributed by atoms with Crippen molar-refractivity contribution >= 4 is 51.8 Å². The summed E-state index contributed by atoms with van der Waals surface area (Å²) < 4.78 is 25.5. The molecule has 1 aliphatic carbocycles. The van der Waals surface area contributed by atoms with Crippen molar-refractivity contribution < 1.29 is 23.5 Å². The summed E-state index contributed by atoms with van der Waals surface area (Å²) in [6.45, 7) is 3.38. The van der Waals surface area contributed by atoms with Gasteiger partial charge in [0.25, 0.3) is 0 Å². The number of methoxy groups -OCH3 is 1. The van der Waals surface area contributed by atoms with Crippen LogP contribution in [0.1, 0.15) is 43.9 Å². The molecule has 1 N–H and O–H groups in total. The van der Waals surface area contributed by atoms with E-state index in [1.165, 1.54) is 17.4 Å². The number of anilines is 1. The second-order valence-corrected chi connectivity index (χ2v) is 11.4. The zero-order valence-electron chi connectivity index (χ0n) is 21.0. The molecule has 0 aliphatic heterocycles. The normalized spacial score (nSPS) is 14.6. The maximum absolute atomic E-state index is 14.3. The van der Waals surface area contributed by atoms with Crippen LogP contribution < -0.4 is 10.1 Å². The van der Waals surface area contributed by atoms with Crippen molar-refractivity contribution in [2.75, 3.05) is 12.4 Å². The van der Waals surface area contributed by atoms with Crippen molar-refractivity contribution in [2.24, 2.45) is 0 Å². The van der Waals surface area contributed by atoms with Gasteiger partial charge in [0.1, 0.15) is 17.6 Å². The van der Waals surface area contributed by atoms with Gasteiger partial charge in [-0.15, -0.1) is 11.3 Å². The van der Waals surface area contributed by atoms with Crippen LogP contribution in [0.3, 0.4) is 0 Å². The lowest BCUT2D eigenvalue weighted by Gasteiger charge is -2.15. The van der Waals surface area contributed by atoms with E-state index in [4.69, 9.17) is 21.1 Å². The molecule has 9 heteroatoms. The molecule has 0 spiro atoms. The molecule has 0 saturated heterocycles. The molecule has 4 aromatic rings. The number of Topliss-reactive ketones (excluding diaryl/α,β-unsaturated/α-hetero) is 1. The van der Waals surface area contributed by atoms with Gasteiger partial charge in [0.05, 0.1) is 28.1 Å². The van der Waals surface area contributed by atoms with E-state index < -0.39 is 17.3 Å². The lowest BCUT2D eigenvalue weighted by molar-refractivity contribution is -0.119. The highest BCUT2D eigenvalue weighted by Gasteiger charge is 2.48. The Morgan fingerprint density at radius 1 is 1.08 bits per heavy atom. The molecule has 2 aromatic carbocycles. The fourth-order valence-corrected chi connectivity index (χ4v) is 6.67. The minimum absolute atomic E-state index is 0.202. The lowest BCUT2D eigenvalue weighted by atomic mass is 9.90. The first-order valence-electron chi connectivity index (χ1n) is 12.0. The molecule has 1 saturated carbocycles. The summed E-state index contributed by atoms with van der Waals surface area (Å²) in [5.74, 6) is 0.805. The molecule has 1 aliphatic rings. The van der Waals surface area contributed by atoms with Crippen LogP contribution in [-0.4, -0.2) is 19.0 Å². The number of nitrogens with one attached hydrogen (secondary N) is 1. The summed E-state index contributed by atoms with van der Waals surface area (Å²) in [6.07, 6.45) is 0.515. The monoisotopic (exact) mass is 569 g/mol. The van der Waals surface area contributed by atoms with E-state index in [0.717, 1.165) is 40.9 Å². The quantitative estimate of drug-likeness (QED) is 0.230. The van der Waals surface area contributed by atoms with Crippen LogP contribution in [-0.2, 0) is 14.9 Å². The molecule has 2 heterocycles. The number of ketones is 1. The Kier molecular flexibility index (Phi) is 7.31. The van der Waals surface area contributed by atoms with E-state index in [-0.39, 0.29) is 11.2 Å². The van der Waals surface area contributed by atoms with Gasteiger partial charge >= 0.3 is 6.09 Å². The van der Waals surface area contributed by atoms with Crippen LogP contribution in [0, 0.1) is 5.13 Å². The summed E-state index contributed by atoms with van der Waals surface area (Å²) in [5, 5.41) is 6.34. The van der Waals surface area contributed by atoms with Gasteiger partial charge in [0.2, 0.25) is 0 Å². The summed E-state index contributed by atoms with van der Waals surface area (Å²) in [6, 6.07) is 14.8. The van der Waals surface area contributed by atoms with E-state index in [9.17, 15) is 14.0 Å². The van der Waals surface area contributed by atoms with Crippen molar-refractivity contribution in [3.05, 3.63) is 80.6 Å². The van der Waals surface area contributed by atoms with Gasteiger partial charge in [-0.1, -0.05) is 48.0 Å². The number of hydrogen-bond acceptors (Lipinski definition) is 6. The minimum Gasteiger partial charge on any atom is -0.496 e. The third-order valence-electron chi connectivity index (χ3n) is 6.94. The smallest absolute Gasteiger partial charge is 0.412 e. The number of hydrogen-bond donors (Lipinski definition) is 1. The Hall–Kier alpha value is -3.20. The fourth-order valence-electron chi connectivity index (χ4n) is 4.62. The first-order chi connectivity index (χ1) is 18.2. The van der Waals surface area contributed by atoms with Crippen LogP contribution in [0.2, 0.25) is 5.02 Å². The average molecular weight is 570 g/mol. The molecule has 196 valence electrons. The predicted octanol–water partition coefficient (Wildman–Crippen LogP) is 8.88. The SMILES string of the molecule is COc1cc(-c2sc(F)cc2NC(=O)OC(C)c2cscc2Cl)ccc1-c1ccc(C2(C(C)=O)CC2)cc1. The minimum atomic E-state index is -0.707. The largest absolute Gasteiger partial charge is 0.496 e. The second kappa shape index (κ2) is 10.5. The average Bonchev–Trinajstić information content (AvgIpc) is 3.48. The lowest BCUT2D eigenvalue weighted by Crippen LogP contribution is -2.16. The molecular formula is C29H25ClFNO4S2. The number of rotatable bonds is 8. The summed E-state index contributed by atoms with van der Waals surface area (Å²) in [5.41, 5.74) is 4.23. The Morgan fingerprint density at radius 3 is 2.39 bits per heavy atom. The molecule has 0 bridgehead atoms. The van der Waals surface area contributed by atoms with Crippen LogP contribution in [0.15, 0.2) is 59.3 Å². The number of ether oxygens (including phenoxy) is 2. The highest BCUT2D eigenvalue weighted by molar-refractivity contribution is 7.14. The zero-order chi connectivity index (χ0) is 27.0. The van der Waals surface area contributed by atoms with E-state index in [2.05, 4.69) is 5.32 Å². The predicted molar refractivity (Wildman–Crippen MR) is 151 cm³/mol. The van der Waals surface area contributed by atoms with Crippen LogP contribution in [0.4, 0.5) is 14.9 Å². The highest BCUT2D eigenvalue weighted by atomic mass is 35.5. The van der Waals surface area contributed by atoms with Crippen LogP contribution in [0.5, 0.6) is 5.75 Å². The number of carbonyl (C=O) groups excluding carboxylic acids is 2. The molecule has 0 radical (unpaired) electrons. The molecule has 1 fully saturated rings. The maximum Gasteiger partial charge on any atom is 0.412 e. The third kappa shape index (κ3) is 5.08.